The Labute approximate surface area is 312 Å². The first-order chi connectivity index (χ1) is 25.1. The minimum atomic E-state index is -1.49. The number of aliphatic hydroxyl groups is 9. The second-order valence-corrected chi connectivity index (χ2v) is 18.7. The Morgan fingerprint density at radius 3 is 2.02 bits per heavy atom. The van der Waals surface area contributed by atoms with Crippen molar-refractivity contribution in [1.29, 1.82) is 0 Å². The molecular formula is C39H66O14. The van der Waals surface area contributed by atoms with Gasteiger partial charge >= 0.3 is 0 Å². The topological polar surface area (TPSA) is 228 Å². The molecule has 3 aliphatic heterocycles. The normalized spacial score (nSPS) is 55.9. The molecule has 0 unspecified atom stereocenters. The van der Waals surface area contributed by atoms with Gasteiger partial charge in [-0.15, -0.1) is 0 Å². The average Bonchev–Trinajstić information content (AvgIpc) is 3.57. The van der Waals surface area contributed by atoms with Crippen molar-refractivity contribution in [1.82, 2.24) is 0 Å². The van der Waals surface area contributed by atoms with E-state index >= 15 is 0 Å². The monoisotopic (exact) mass is 758 g/mol. The summed E-state index contributed by atoms with van der Waals surface area (Å²) >= 11 is 0. The van der Waals surface area contributed by atoms with Crippen LogP contribution in [0.3, 0.4) is 0 Å². The van der Waals surface area contributed by atoms with Crippen molar-refractivity contribution >= 4 is 0 Å². The Kier molecular flexibility index (Phi) is 11.7. The maximum absolute atomic E-state index is 12.0. The largest absolute Gasteiger partial charge is 0.394 e. The first-order valence-corrected chi connectivity index (χ1v) is 20.3. The van der Waals surface area contributed by atoms with Crippen molar-refractivity contribution in [3.8, 4) is 0 Å². The summed E-state index contributed by atoms with van der Waals surface area (Å²) in [5, 5.41) is 92.5. The van der Waals surface area contributed by atoms with Crippen molar-refractivity contribution < 1.29 is 69.6 Å². The number of fused-ring (bicyclic) bond motifs is 7. The van der Waals surface area contributed by atoms with Crippen LogP contribution in [-0.2, 0) is 23.7 Å². The molecule has 22 atom stereocenters. The van der Waals surface area contributed by atoms with Crippen molar-refractivity contribution in [3.63, 3.8) is 0 Å². The van der Waals surface area contributed by atoms with E-state index in [1.807, 2.05) is 6.92 Å². The van der Waals surface area contributed by atoms with Crippen LogP contribution in [0.25, 0.3) is 0 Å². The van der Waals surface area contributed by atoms with Crippen molar-refractivity contribution in [2.45, 2.75) is 171 Å². The first-order valence-electron chi connectivity index (χ1n) is 20.3. The molecule has 0 amide bonds. The average molecular weight is 759 g/mol. The van der Waals surface area contributed by atoms with E-state index in [4.69, 9.17) is 23.7 Å². The van der Waals surface area contributed by atoms with Crippen LogP contribution in [0.5, 0.6) is 0 Å². The van der Waals surface area contributed by atoms with Crippen molar-refractivity contribution in [3.05, 3.63) is 0 Å². The smallest absolute Gasteiger partial charge is 0.186 e. The van der Waals surface area contributed by atoms with E-state index in [2.05, 4.69) is 20.8 Å². The van der Waals surface area contributed by atoms with E-state index in [-0.39, 0.29) is 47.4 Å². The first kappa shape index (κ1) is 40.6. The molecule has 0 radical (unpaired) electrons. The van der Waals surface area contributed by atoms with Gasteiger partial charge in [-0.2, -0.15) is 0 Å². The molecule has 0 aromatic carbocycles. The zero-order valence-electron chi connectivity index (χ0n) is 31.7. The van der Waals surface area contributed by atoms with E-state index in [0.717, 1.165) is 51.4 Å². The second-order valence-electron chi connectivity index (χ2n) is 18.7. The van der Waals surface area contributed by atoms with E-state index in [1.165, 1.54) is 0 Å². The van der Waals surface area contributed by atoms with Gasteiger partial charge in [-0.25, -0.2) is 0 Å². The van der Waals surface area contributed by atoms with Gasteiger partial charge in [0.25, 0.3) is 0 Å². The third kappa shape index (κ3) is 6.96. The second kappa shape index (κ2) is 15.3. The fourth-order valence-corrected chi connectivity index (χ4v) is 12.7. The maximum atomic E-state index is 12.0. The summed E-state index contributed by atoms with van der Waals surface area (Å²) in [5.41, 5.74) is 0.235. The van der Waals surface area contributed by atoms with Gasteiger partial charge in [0.05, 0.1) is 32.0 Å². The molecule has 7 fully saturated rings. The highest BCUT2D eigenvalue weighted by atomic mass is 16.7. The molecule has 7 aliphatic rings. The van der Waals surface area contributed by atoms with Crippen LogP contribution >= 0.6 is 0 Å². The van der Waals surface area contributed by atoms with Gasteiger partial charge in [0.15, 0.2) is 18.4 Å². The summed E-state index contributed by atoms with van der Waals surface area (Å²) in [5.74, 6) is 1.11. The third-order valence-electron chi connectivity index (χ3n) is 15.9. The molecule has 0 spiro atoms. The van der Waals surface area contributed by atoms with Crippen LogP contribution in [0.4, 0.5) is 0 Å². The van der Waals surface area contributed by atoms with Crippen LogP contribution < -0.4 is 0 Å². The molecule has 0 bridgehead atoms. The van der Waals surface area contributed by atoms with Gasteiger partial charge in [0, 0.05) is 12.3 Å². The number of hydrogen-bond acceptors (Lipinski definition) is 14. The maximum Gasteiger partial charge on any atom is 0.186 e. The number of ether oxygens (including phenoxy) is 5. The summed E-state index contributed by atoms with van der Waals surface area (Å²) < 4.78 is 29.8. The van der Waals surface area contributed by atoms with Crippen LogP contribution in [0.1, 0.15) is 91.9 Å². The Hall–Kier alpha value is -0.560. The van der Waals surface area contributed by atoms with Crippen LogP contribution in [0.2, 0.25) is 0 Å². The molecule has 0 aromatic heterocycles. The van der Waals surface area contributed by atoms with E-state index < -0.39 is 80.4 Å². The molecule has 7 rings (SSSR count). The molecule has 3 heterocycles. The predicted molar refractivity (Wildman–Crippen MR) is 186 cm³/mol. The molecule has 4 aliphatic carbocycles. The van der Waals surface area contributed by atoms with Crippen molar-refractivity contribution in [2.24, 2.45) is 52.3 Å². The lowest BCUT2D eigenvalue weighted by Gasteiger charge is -2.61. The molecule has 306 valence electrons. The van der Waals surface area contributed by atoms with Crippen LogP contribution in [0.15, 0.2) is 0 Å². The van der Waals surface area contributed by atoms with Crippen molar-refractivity contribution in [2.75, 3.05) is 19.8 Å². The summed E-state index contributed by atoms with van der Waals surface area (Å²) in [6.45, 7) is 8.25. The highest BCUT2D eigenvalue weighted by Gasteiger charge is 2.68. The van der Waals surface area contributed by atoms with Gasteiger partial charge in [0.1, 0.15) is 48.8 Å². The van der Waals surface area contributed by atoms with E-state index in [9.17, 15) is 46.0 Å². The molecule has 14 heteroatoms. The molecule has 53 heavy (non-hydrogen) atoms. The Bertz CT molecular complexity index is 1260. The highest BCUT2D eigenvalue weighted by molar-refractivity contribution is 5.15. The summed E-state index contributed by atoms with van der Waals surface area (Å²) in [6, 6.07) is 0. The standard InChI is InChI=1S/C39H66O14/c1-18(17-49-35-33(46)31(44)29(42)26(15-40)51-35)7-12-39(48)19(2)28-25(53-39)14-24-22-6-5-20-13-21(8-10-37(20,3)23(22)9-11-38(24,28)4)50-36-34(47)32(45)30(43)27(16-41)52-36/h18-36,40-48H,5-17H2,1-4H3/t18-,19-,20+,21-,22+,23-,24-,25-,26+,27+,28-,29+,30-,31-,32-,33+,34+,35+,36+,37-,38-,39+/m0/s1. The molecular weight excluding hydrogens is 692 g/mol. The van der Waals surface area contributed by atoms with Gasteiger partial charge in [0.2, 0.25) is 0 Å². The highest BCUT2D eigenvalue weighted by Crippen LogP contribution is 2.71. The fraction of sp³-hybridized carbons (Fsp3) is 1.00. The van der Waals surface area contributed by atoms with Gasteiger partial charge in [-0.1, -0.05) is 27.7 Å². The Morgan fingerprint density at radius 1 is 0.736 bits per heavy atom. The number of rotatable bonds is 10. The van der Waals surface area contributed by atoms with E-state index in [1.54, 1.807) is 0 Å². The number of hydrogen-bond donors (Lipinski definition) is 9. The molecule has 4 saturated carbocycles. The van der Waals surface area contributed by atoms with E-state index in [0.29, 0.717) is 36.5 Å². The molecule has 14 nitrogen and oxygen atoms in total. The summed E-state index contributed by atoms with van der Waals surface area (Å²) in [4.78, 5) is 0. The Balaban J connectivity index is 0.931. The zero-order chi connectivity index (χ0) is 38.2. The lowest BCUT2D eigenvalue weighted by atomic mass is 9.44. The minimum Gasteiger partial charge on any atom is -0.394 e. The van der Waals surface area contributed by atoms with Gasteiger partial charge in [-0.3, -0.25) is 0 Å². The minimum absolute atomic E-state index is 0.00220. The lowest BCUT2D eigenvalue weighted by molar-refractivity contribution is -0.316. The zero-order valence-corrected chi connectivity index (χ0v) is 31.7. The summed E-state index contributed by atoms with van der Waals surface area (Å²) in [7, 11) is 0. The van der Waals surface area contributed by atoms with Crippen LogP contribution in [0, 0.1) is 52.3 Å². The van der Waals surface area contributed by atoms with Gasteiger partial charge in [-0.05, 0) is 104 Å². The number of aliphatic hydroxyl groups excluding tert-OH is 8. The molecule has 3 saturated heterocycles. The van der Waals surface area contributed by atoms with Crippen LogP contribution in [-0.4, -0.2) is 145 Å². The fourth-order valence-electron chi connectivity index (χ4n) is 12.7. The Morgan fingerprint density at radius 2 is 1.36 bits per heavy atom. The molecule has 9 N–H and O–H groups in total. The van der Waals surface area contributed by atoms with Gasteiger partial charge < -0.3 is 69.6 Å². The predicted octanol–water partition coefficient (Wildman–Crippen LogP) is 0.397. The summed E-state index contributed by atoms with van der Waals surface area (Å²) in [6.07, 6.45) is -3.89. The third-order valence-corrected chi connectivity index (χ3v) is 15.9. The quantitative estimate of drug-likeness (QED) is 0.138. The molecule has 0 aromatic rings. The lowest BCUT2D eigenvalue weighted by Crippen LogP contribution is -2.60. The SMILES string of the molecule is C[C@@H](CC[C@@]1(O)O[C@H]2C[C@H]3[C@@H]4CC[C@@H]5C[C@@H](O[C@@H]6O[C@H](CO)[C@H](O)[C@H](O)[C@H]6O)CC[C@]5(C)[C@H]4CC[C@]3(C)[C@H]2[C@@H]1C)CO[C@@H]1O[C@H](CO)[C@@H](O)[C@H](O)[C@H]1O.